The van der Waals surface area contributed by atoms with E-state index in [1.54, 1.807) is 12.5 Å². The third-order valence-corrected chi connectivity index (χ3v) is 4.99. The fourth-order valence-electron chi connectivity index (χ4n) is 3.07. The van der Waals surface area contributed by atoms with Crippen molar-refractivity contribution in [3.63, 3.8) is 0 Å². The van der Waals surface area contributed by atoms with Gasteiger partial charge in [0.05, 0.1) is 6.20 Å². The van der Waals surface area contributed by atoms with E-state index in [-0.39, 0.29) is 0 Å². The van der Waals surface area contributed by atoms with Gasteiger partial charge in [-0.2, -0.15) is 0 Å². The maximum atomic E-state index is 5.90. The van der Waals surface area contributed by atoms with E-state index in [9.17, 15) is 0 Å². The van der Waals surface area contributed by atoms with Gasteiger partial charge in [0.15, 0.2) is 0 Å². The summed E-state index contributed by atoms with van der Waals surface area (Å²) < 4.78 is 13.2. The van der Waals surface area contributed by atoms with Gasteiger partial charge in [0.2, 0.25) is 5.89 Å². The monoisotopic (exact) mass is 434 g/mol. The Morgan fingerprint density at radius 1 is 1.00 bits per heavy atom. The molecule has 4 rings (SSSR count). The summed E-state index contributed by atoms with van der Waals surface area (Å²) in [5.74, 6) is 1.35. The molecule has 0 saturated heterocycles. The molecule has 0 saturated carbocycles. The minimum Gasteiger partial charge on any atom is -0.487 e. The second-order valence-electron chi connectivity index (χ2n) is 7.12. The van der Waals surface area contributed by atoms with Crippen LogP contribution in [0.1, 0.15) is 35.6 Å². The Hall–Kier alpha value is -3.38. The fourth-order valence-corrected chi connectivity index (χ4v) is 3.20. The van der Waals surface area contributed by atoms with E-state index >= 15 is 0 Å². The fraction of sp³-hybridized carbons (Fsp3) is 0.208. The molecule has 0 N–H and O–H groups in total. The molecule has 0 aliphatic rings. The molecule has 2 heterocycles. The Morgan fingerprint density at radius 3 is 2.61 bits per heavy atom. The Kier molecular flexibility index (Phi) is 7.13. The second kappa shape index (κ2) is 10.6. The average molecular weight is 435 g/mol. The van der Waals surface area contributed by atoms with Gasteiger partial charge in [-0.05, 0) is 60.7 Å². The molecule has 0 amide bonds. The molecule has 7 heteroatoms. The third kappa shape index (κ3) is 6.55. The molecule has 2 aromatic heterocycles. The van der Waals surface area contributed by atoms with Crippen LogP contribution in [0.15, 0.2) is 71.6 Å². The topological polar surface area (TPSA) is 66.0 Å². The van der Waals surface area contributed by atoms with Crippen LogP contribution in [-0.2, 0) is 19.6 Å². The van der Waals surface area contributed by atoms with E-state index in [1.165, 1.54) is 5.56 Å². The standard InChI is InChI=1S/C24H23ClN4O2/c25-21-9-4-20(5-10-21)8-13-24-27-22(18-31-24)17-30-23-11-6-19(7-12-23)3-1-2-15-29-16-14-26-28-29/h4-14,16,18H,1-3,15,17H2. The Labute approximate surface area is 186 Å². The number of hydrogen-bond donors (Lipinski definition) is 0. The quantitative estimate of drug-likeness (QED) is 0.300. The van der Waals surface area contributed by atoms with E-state index in [2.05, 4.69) is 27.4 Å². The number of oxazole rings is 1. The molecular formula is C24H23ClN4O2. The summed E-state index contributed by atoms with van der Waals surface area (Å²) in [6, 6.07) is 15.8. The van der Waals surface area contributed by atoms with Gasteiger partial charge in [0.25, 0.3) is 0 Å². The van der Waals surface area contributed by atoms with Crippen molar-refractivity contribution in [2.24, 2.45) is 0 Å². The first-order valence-corrected chi connectivity index (χ1v) is 10.6. The van der Waals surface area contributed by atoms with E-state index in [4.69, 9.17) is 20.8 Å². The number of nitrogens with zero attached hydrogens (tertiary/aromatic N) is 4. The summed E-state index contributed by atoms with van der Waals surface area (Å²) in [6.45, 7) is 1.26. The lowest BCUT2D eigenvalue weighted by atomic mass is 10.1. The molecule has 0 spiro atoms. The van der Waals surface area contributed by atoms with Crippen LogP contribution in [0.2, 0.25) is 5.02 Å². The van der Waals surface area contributed by atoms with Crippen LogP contribution in [0.25, 0.3) is 12.2 Å². The zero-order chi connectivity index (χ0) is 21.3. The van der Waals surface area contributed by atoms with E-state index < -0.39 is 0 Å². The van der Waals surface area contributed by atoms with Gasteiger partial charge in [-0.25, -0.2) is 4.98 Å². The van der Waals surface area contributed by atoms with Crippen LogP contribution in [0, 0.1) is 0 Å². The maximum Gasteiger partial charge on any atom is 0.218 e. The molecule has 0 aliphatic carbocycles. The van der Waals surface area contributed by atoms with Gasteiger partial charge in [0.1, 0.15) is 24.3 Å². The number of aromatic nitrogens is 4. The first-order chi connectivity index (χ1) is 15.2. The minimum absolute atomic E-state index is 0.357. The van der Waals surface area contributed by atoms with Crippen molar-refractivity contribution in [3.8, 4) is 5.75 Å². The summed E-state index contributed by atoms with van der Waals surface area (Å²) in [5, 5.41) is 8.50. The lowest BCUT2D eigenvalue weighted by molar-refractivity contribution is 0.301. The Morgan fingerprint density at radius 2 is 1.84 bits per heavy atom. The summed E-state index contributed by atoms with van der Waals surface area (Å²) in [4.78, 5) is 4.43. The molecule has 0 fully saturated rings. The van der Waals surface area contributed by atoms with Crippen molar-refractivity contribution in [3.05, 3.63) is 94.9 Å². The van der Waals surface area contributed by atoms with Gasteiger partial charge in [-0.15, -0.1) is 5.10 Å². The normalized spacial score (nSPS) is 11.3. The smallest absolute Gasteiger partial charge is 0.218 e. The van der Waals surface area contributed by atoms with Crippen LogP contribution >= 0.6 is 11.6 Å². The molecule has 2 aromatic carbocycles. The van der Waals surface area contributed by atoms with Crippen LogP contribution < -0.4 is 4.74 Å². The lowest BCUT2D eigenvalue weighted by Gasteiger charge is -2.06. The van der Waals surface area contributed by atoms with Crippen molar-refractivity contribution >= 4 is 23.8 Å². The predicted octanol–water partition coefficient (Wildman–Crippen LogP) is 5.69. The molecule has 158 valence electrons. The molecule has 0 radical (unpaired) electrons. The molecule has 0 aliphatic heterocycles. The molecule has 0 bridgehead atoms. The number of rotatable bonds is 10. The number of hydrogen-bond acceptors (Lipinski definition) is 5. The average Bonchev–Trinajstić information content (AvgIpc) is 3.48. The Bertz CT molecular complexity index is 1090. The number of halogens is 1. The van der Waals surface area contributed by atoms with Gasteiger partial charge >= 0.3 is 0 Å². The highest BCUT2D eigenvalue weighted by Crippen LogP contribution is 2.17. The first-order valence-electron chi connectivity index (χ1n) is 10.2. The predicted molar refractivity (Wildman–Crippen MR) is 121 cm³/mol. The van der Waals surface area contributed by atoms with Crippen LogP contribution in [0.5, 0.6) is 5.75 Å². The maximum absolute atomic E-state index is 5.90. The van der Waals surface area contributed by atoms with Gasteiger partial charge < -0.3 is 9.15 Å². The van der Waals surface area contributed by atoms with Gasteiger partial charge in [-0.3, -0.25) is 4.68 Å². The van der Waals surface area contributed by atoms with Gasteiger partial charge in [-0.1, -0.05) is 41.1 Å². The highest BCUT2D eigenvalue weighted by Gasteiger charge is 2.03. The number of aryl methyl sites for hydroxylation is 2. The molecule has 4 aromatic rings. The number of benzene rings is 2. The summed E-state index contributed by atoms with van der Waals surface area (Å²) >= 11 is 5.90. The number of ether oxygens (including phenoxy) is 1. The van der Waals surface area contributed by atoms with Crippen LogP contribution in [0.3, 0.4) is 0 Å². The molecule has 6 nitrogen and oxygen atoms in total. The van der Waals surface area contributed by atoms with Crippen molar-refractivity contribution in [2.45, 2.75) is 32.4 Å². The van der Waals surface area contributed by atoms with E-state index in [1.807, 2.05) is 59.4 Å². The first kappa shape index (κ1) is 20.9. The SMILES string of the molecule is Clc1ccc(C=Cc2nc(COc3ccc(CCCCn4ccnn4)cc3)co2)cc1. The highest BCUT2D eigenvalue weighted by atomic mass is 35.5. The molecular weight excluding hydrogens is 412 g/mol. The van der Waals surface area contributed by atoms with E-state index in [0.717, 1.165) is 42.8 Å². The largest absolute Gasteiger partial charge is 0.487 e. The van der Waals surface area contributed by atoms with Gasteiger partial charge in [0, 0.05) is 23.8 Å². The summed E-state index contributed by atoms with van der Waals surface area (Å²) in [7, 11) is 0. The molecule has 31 heavy (non-hydrogen) atoms. The van der Waals surface area contributed by atoms with Crippen molar-refractivity contribution in [2.75, 3.05) is 0 Å². The highest BCUT2D eigenvalue weighted by molar-refractivity contribution is 6.30. The van der Waals surface area contributed by atoms with Crippen molar-refractivity contribution < 1.29 is 9.15 Å². The van der Waals surface area contributed by atoms with Crippen molar-refractivity contribution in [1.82, 2.24) is 20.0 Å². The summed E-state index contributed by atoms with van der Waals surface area (Å²) in [5.41, 5.74) is 3.06. The third-order valence-electron chi connectivity index (χ3n) is 4.74. The zero-order valence-electron chi connectivity index (χ0n) is 17.0. The van der Waals surface area contributed by atoms with Crippen LogP contribution in [0.4, 0.5) is 0 Å². The Balaban J connectivity index is 1.20. The summed E-state index contributed by atoms with van der Waals surface area (Å²) in [6.07, 6.45) is 12.2. The zero-order valence-corrected chi connectivity index (χ0v) is 17.8. The lowest BCUT2D eigenvalue weighted by Crippen LogP contribution is -1.99. The number of unbranched alkanes of at least 4 members (excludes halogenated alkanes) is 1. The minimum atomic E-state index is 0.357. The van der Waals surface area contributed by atoms with Crippen molar-refractivity contribution in [1.29, 1.82) is 0 Å². The molecule has 0 unspecified atom stereocenters. The molecule has 0 atom stereocenters. The second-order valence-corrected chi connectivity index (χ2v) is 7.55. The van der Waals surface area contributed by atoms with Crippen LogP contribution in [-0.4, -0.2) is 20.0 Å². The van der Waals surface area contributed by atoms with E-state index in [0.29, 0.717) is 17.5 Å².